The molecule has 4 atom stereocenters. The van der Waals surface area contributed by atoms with Crippen LogP contribution in [0.5, 0.6) is 0 Å². The number of ether oxygens (including phenoxy) is 6. The molecule has 4 unspecified atom stereocenters. The maximum atomic E-state index is 12.4. The number of unbranched alkanes of at least 4 members (excludes halogenated alkanes) is 1. The Bertz CT molecular complexity index is 1920. The maximum absolute atomic E-state index is 12.4. The third-order valence-electron chi connectivity index (χ3n) is 11.4. The fourth-order valence-corrected chi connectivity index (χ4v) is 6.67. The number of amides is 1. The van der Waals surface area contributed by atoms with Crippen molar-refractivity contribution in [2.45, 2.75) is 158 Å². The molecule has 0 aliphatic heterocycles. The normalized spacial score (nSPS) is 13.0. The fraction of sp³-hybridized carbons (Fsp3) is 0.586. The van der Waals surface area contributed by atoms with Gasteiger partial charge in [-0.2, -0.15) is 0 Å². The lowest BCUT2D eigenvalue weighted by atomic mass is 10.0. The van der Waals surface area contributed by atoms with Gasteiger partial charge >= 0.3 is 30.0 Å². The number of hydrogen-bond acceptors (Lipinski definition) is 13. The van der Waals surface area contributed by atoms with Crippen molar-refractivity contribution in [3.05, 3.63) is 106 Å². The van der Waals surface area contributed by atoms with Crippen LogP contribution in [0.1, 0.15) is 134 Å². The van der Waals surface area contributed by atoms with Gasteiger partial charge in [-0.15, -0.1) is 0 Å². The van der Waals surface area contributed by atoms with Crippen molar-refractivity contribution in [1.82, 2.24) is 4.90 Å². The second-order valence-corrected chi connectivity index (χ2v) is 19.2. The summed E-state index contributed by atoms with van der Waals surface area (Å²) >= 11 is 0. The number of rotatable bonds is 29. The van der Waals surface area contributed by atoms with E-state index in [0.717, 1.165) is 31.1 Å². The number of aryl methyl sites for hydroxylation is 6. The summed E-state index contributed by atoms with van der Waals surface area (Å²) in [6.45, 7) is 20.9. The first kappa shape index (κ1) is 64.4. The molecule has 402 valence electrons. The van der Waals surface area contributed by atoms with E-state index < -0.39 is 42.4 Å². The largest absolute Gasteiger partial charge is 0.463 e. The van der Waals surface area contributed by atoms with Gasteiger partial charge in [-0.3, -0.25) is 19.2 Å². The Morgan fingerprint density at radius 3 is 1.29 bits per heavy atom. The van der Waals surface area contributed by atoms with Crippen LogP contribution in [-0.4, -0.2) is 111 Å². The number of nitrogens with zero attached hydrogens (tertiary/aromatic N) is 1. The molecule has 0 radical (unpaired) electrons. The molecule has 3 aromatic carbocycles. The minimum absolute atomic E-state index is 0.00434. The molecule has 0 aliphatic carbocycles. The summed E-state index contributed by atoms with van der Waals surface area (Å²) in [5, 5.41) is 9.55. The number of benzene rings is 3. The van der Waals surface area contributed by atoms with Gasteiger partial charge in [-0.1, -0.05) is 124 Å². The van der Waals surface area contributed by atoms with Gasteiger partial charge in [0.2, 0.25) is 0 Å². The molecule has 14 nitrogen and oxygen atoms in total. The SMILES string of the molecule is CC.COC(COC(=O)C(C)CCc1ccc(C)cc1)COC(=O)C(C)CCc1ccc(C)cc1.Cc1ccc(CCC(C)C(=O)OCC(CO)OC(=O)CCCN(CCCC=O)C(=O)OC(C)(C)C)cc1. The van der Waals surface area contributed by atoms with Crippen LogP contribution in [0.4, 0.5) is 4.79 Å². The summed E-state index contributed by atoms with van der Waals surface area (Å²) < 4.78 is 32.1. The zero-order valence-electron chi connectivity index (χ0n) is 45.5. The van der Waals surface area contributed by atoms with Crippen LogP contribution in [0.3, 0.4) is 0 Å². The lowest BCUT2D eigenvalue weighted by Gasteiger charge is -2.27. The van der Waals surface area contributed by atoms with Crippen molar-refractivity contribution in [3.8, 4) is 0 Å². The molecule has 1 N–H and O–H groups in total. The van der Waals surface area contributed by atoms with Gasteiger partial charge in [-0.05, 0) is 110 Å². The molecule has 0 saturated heterocycles. The summed E-state index contributed by atoms with van der Waals surface area (Å²) in [4.78, 5) is 73.8. The van der Waals surface area contributed by atoms with Crippen molar-refractivity contribution < 1.29 is 62.3 Å². The predicted molar refractivity (Wildman–Crippen MR) is 280 cm³/mol. The van der Waals surface area contributed by atoms with Crippen molar-refractivity contribution in [2.24, 2.45) is 17.8 Å². The van der Waals surface area contributed by atoms with E-state index in [1.807, 2.05) is 58.9 Å². The molecular weight excluding hydrogens is 919 g/mol. The summed E-state index contributed by atoms with van der Waals surface area (Å²) in [6, 6.07) is 24.8. The number of aldehydes is 1. The second kappa shape index (κ2) is 36.3. The van der Waals surface area contributed by atoms with E-state index in [4.69, 9.17) is 28.4 Å². The van der Waals surface area contributed by atoms with E-state index in [1.54, 1.807) is 27.7 Å². The van der Waals surface area contributed by atoms with E-state index in [0.29, 0.717) is 45.1 Å². The van der Waals surface area contributed by atoms with Gasteiger partial charge in [0.25, 0.3) is 0 Å². The van der Waals surface area contributed by atoms with Crippen LogP contribution in [0, 0.1) is 38.5 Å². The van der Waals surface area contributed by atoms with Gasteiger partial charge in [0.1, 0.15) is 37.8 Å². The summed E-state index contributed by atoms with van der Waals surface area (Å²) in [5.41, 5.74) is 6.51. The Labute approximate surface area is 430 Å². The lowest BCUT2D eigenvalue weighted by molar-refractivity contribution is -0.163. The van der Waals surface area contributed by atoms with Crippen LogP contribution >= 0.6 is 0 Å². The predicted octanol–water partition coefficient (Wildman–Crippen LogP) is 10.3. The first-order chi connectivity index (χ1) is 34.2. The maximum Gasteiger partial charge on any atom is 0.410 e. The minimum atomic E-state index is -0.963. The van der Waals surface area contributed by atoms with Gasteiger partial charge < -0.3 is 43.2 Å². The standard InChI is InChI=1S/C28H43NO8.C28H38O5.C2H6/c1-21-10-13-23(14-11-21)15-12-22(2)26(33)35-20-24(19-31)36-25(32)9-8-17-29(16-6-7-18-30)27(34)37-28(3,4)5;1-20-6-12-24(13-7-20)16-10-22(3)27(29)32-18-26(31-5)19-33-28(30)23(4)11-17-25-14-8-21(2)9-15-25;1-2/h10-11,13-14,18,22,24,31H,6-9,12,15-17,19-20H2,1-5H3;6-9,12-15,22-23,26H,10-11,16-19H2,1-5H3;1-2H3. The van der Waals surface area contributed by atoms with E-state index in [9.17, 15) is 33.9 Å². The van der Waals surface area contributed by atoms with Crippen LogP contribution in [0.15, 0.2) is 72.8 Å². The number of carbonyl (C=O) groups excluding carboxylic acids is 6. The van der Waals surface area contributed by atoms with E-state index in [1.165, 1.54) is 39.8 Å². The van der Waals surface area contributed by atoms with Gasteiger partial charge in [0.05, 0.1) is 24.4 Å². The highest BCUT2D eigenvalue weighted by molar-refractivity contribution is 5.73. The molecule has 72 heavy (non-hydrogen) atoms. The molecular formula is C58H87NO13. The topological polar surface area (TPSA) is 181 Å². The van der Waals surface area contributed by atoms with Crippen molar-refractivity contribution in [3.63, 3.8) is 0 Å². The van der Waals surface area contributed by atoms with Crippen LogP contribution in [0.2, 0.25) is 0 Å². The first-order valence-electron chi connectivity index (χ1n) is 25.6. The molecule has 0 bridgehead atoms. The molecule has 0 heterocycles. The second-order valence-electron chi connectivity index (χ2n) is 19.2. The Morgan fingerprint density at radius 1 is 0.597 bits per heavy atom. The van der Waals surface area contributed by atoms with Gasteiger partial charge in [-0.25, -0.2) is 4.79 Å². The molecule has 0 aromatic heterocycles. The van der Waals surface area contributed by atoms with Crippen molar-refractivity contribution in [1.29, 1.82) is 0 Å². The molecule has 3 rings (SSSR count). The number of hydrogen-bond donors (Lipinski definition) is 1. The van der Waals surface area contributed by atoms with E-state index >= 15 is 0 Å². The first-order valence-corrected chi connectivity index (χ1v) is 25.6. The Balaban J connectivity index is 0.000000700. The molecule has 3 aromatic rings. The van der Waals surface area contributed by atoms with Gasteiger partial charge in [0.15, 0.2) is 6.10 Å². The third kappa shape index (κ3) is 29.0. The van der Waals surface area contributed by atoms with Crippen molar-refractivity contribution >= 4 is 36.3 Å². The molecule has 0 saturated carbocycles. The molecule has 0 spiro atoms. The molecule has 0 aliphatic rings. The highest BCUT2D eigenvalue weighted by Crippen LogP contribution is 2.17. The summed E-state index contributed by atoms with van der Waals surface area (Å²) in [7, 11) is 1.52. The Hall–Kier alpha value is -5.60. The fourth-order valence-electron chi connectivity index (χ4n) is 6.67. The minimum Gasteiger partial charge on any atom is -0.463 e. The third-order valence-corrected chi connectivity index (χ3v) is 11.4. The summed E-state index contributed by atoms with van der Waals surface area (Å²) in [5.74, 6) is -2.27. The van der Waals surface area contributed by atoms with Crippen molar-refractivity contribution in [2.75, 3.05) is 46.6 Å². The number of aliphatic hydroxyl groups is 1. The lowest BCUT2D eigenvalue weighted by Crippen LogP contribution is -2.38. The average Bonchev–Trinajstić information content (AvgIpc) is 3.36. The monoisotopic (exact) mass is 1010 g/mol. The summed E-state index contributed by atoms with van der Waals surface area (Å²) in [6.07, 6.45) is 4.40. The van der Waals surface area contributed by atoms with Crippen LogP contribution < -0.4 is 0 Å². The molecule has 1 amide bonds. The van der Waals surface area contributed by atoms with Crippen LogP contribution in [0.25, 0.3) is 0 Å². The Kier molecular flexibility index (Phi) is 32.5. The quantitative estimate of drug-likeness (QED) is 0.0301. The van der Waals surface area contributed by atoms with Gasteiger partial charge in [0, 0.05) is 33.0 Å². The number of aliphatic hydroxyl groups excluding tert-OH is 1. The smallest absolute Gasteiger partial charge is 0.410 e. The number of methoxy groups -OCH3 is 1. The highest BCUT2D eigenvalue weighted by atomic mass is 16.6. The van der Waals surface area contributed by atoms with E-state index in [-0.39, 0.29) is 62.5 Å². The zero-order chi connectivity index (χ0) is 54.1. The Morgan fingerprint density at radius 2 is 0.958 bits per heavy atom. The number of carbonyl (C=O) groups is 6. The zero-order valence-corrected chi connectivity index (χ0v) is 45.5. The average molecular weight is 1010 g/mol. The molecule has 14 heteroatoms. The van der Waals surface area contributed by atoms with E-state index in [2.05, 4.69) is 62.4 Å². The molecule has 0 fully saturated rings. The van der Waals surface area contributed by atoms with Crippen LogP contribution in [-0.2, 0) is 71.7 Å². The number of esters is 4. The highest BCUT2D eigenvalue weighted by Gasteiger charge is 2.24.